The minimum Gasteiger partial charge on any atom is -0.496 e. The Morgan fingerprint density at radius 1 is 1.17 bits per heavy atom. The third-order valence-electron chi connectivity index (χ3n) is 4.00. The van der Waals surface area contributed by atoms with E-state index >= 15 is 0 Å². The van der Waals surface area contributed by atoms with E-state index < -0.39 is 0 Å². The molecule has 4 heteroatoms. The normalized spacial score (nSPS) is 10.5. The van der Waals surface area contributed by atoms with Crippen LogP contribution < -0.4 is 10.1 Å². The maximum atomic E-state index is 11.9. The number of carbonyl (C=O) groups excluding carboxylic acids is 1. The summed E-state index contributed by atoms with van der Waals surface area (Å²) in [7, 11) is 1.66. The third kappa shape index (κ3) is 5.57. The fourth-order valence-electron chi connectivity index (χ4n) is 2.65. The number of carbonyl (C=O) groups is 1. The summed E-state index contributed by atoms with van der Waals surface area (Å²) < 4.78 is 5.25. The summed E-state index contributed by atoms with van der Waals surface area (Å²) in [6, 6.07) is 13.9. The molecule has 128 valence electrons. The van der Waals surface area contributed by atoms with E-state index in [-0.39, 0.29) is 5.91 Å². The number of nitrogens with one attached hydrogen (secondary N) is 1. The van der Waals surface area contributed by atoms with Crippen LogP contribution in [0.1, 0.15) is 29.5 Å². The third-order valence-corrected chi connectivity index (χ3v) is 4.37. The van der Waals surface area contributed by atoms with Crippen molar-refractivity contribution in [2.45, 2.75) is 32.6 Å². The van der Waals surface area contributed by atoms with Crippen LogP contribution in [-0.4, -0.2) is 19.6 Å². The molecule has 2 rings (SSSR count). The second kappa shape index (κ2) is 9.33. The Bertz CT molecular complexity index is 685. The van der Waals surface area contributed by atoms with Crippen molar-refractivity contribution in [1.82, 2.24) is 5.32 Å². The van der Waals surface area contributed by atoms with E-state index in [1.54, 1.807) is 7.11 Å². The van der Waals surface area contributed by atoms with E-state index in [4.69, 9.17) is 16.3 Å². The number of hydrogen-bond acceptors (Lipinski definition) is 2. The van der Waals surface area contributed by atoms with Crippen molar-refractivity contribution in [3.63, 3.8) is 0 Å². The highest BCUT2D eigenvalue weighted by atomic mass is 35.5. The lowest BCUT2D eigenvalue weighted by molar-refractivity contribution is -0.121. The molecule has 0 fully saturated rings. The number of halogens is 1. The van der Waals surface area contributed by atoms with Gasteiger partial charge in [0.05, 0.1) is 7.11 Å². The van der Waals surface area contributed by atoms with E-state index in [1.165, 1.54) is 0 Å². The van der Waals surface area contributed by atoms with Gasteiger partial charge in [0.2, 0.25) is 5.91 Å². The van der Waals surface area contributed by atoms with Gasteiger partial charge in [0.15, 0.2) is 0 Å². The van der Waals surface area contributed by atoms with E-state index in [0.29, 0.717) is 13.0 Å². The minimum atomic E-state index is 0.0858. The average Bonchev–Trinajstić information content (AvgIpc) is 2.58. The first-order valence-corrected chi connectivity index (χ1v) is 8.61. The molecule has 0 saturated heterocycles. The zero-order valence-corrected chi connectivity index (χ0v) is 15.0. The molecule has 0 bridgehead atoms. The lowest BCUT2D eigenvalue weighted by Gasteiger charge is -2.08. The smallest absolute Gasteiger partial charge is 0.220 e. The lowest BCUT2D eigenvalue weighted by atomic mass is 10.1. The monoisotopic (exact) mass is 345 g/mol. The van der Waals surface area contributed by atoms with Crippen LogP contribution in [0.4, 0.5) is 0 Å². The Morgan fingerprint density at radius 2 is 1.96 bits per heavy atom. The summed E-state index contributed by atoms with van der Waals surface area (Å²) in [6.45, 7) is 2.68. The van der Waals surface area contributed by atoms with Gasteiger partial charge in [0, 0.05) is 18.0 Å². The molecule has 2 aromatic carbocycles. The van der Waals surface area contributed by atoms with E-state index in [9.17, 15) is 4.79 Å². The molecule has 0 heterocycles. The van der Waals surface area contributed by atoms with E-state index in [0.717, 1.165) is 46.7 Å². The summed E-state index contributed by atoms with van der Waals surface area (Å²) in [5.41, 5.74) is 3.37. The topological polar surface area (TPSA) is 38.3 Å². The number of amides is 1. The molecule has 0 atom stereocenters. The maximum absolute atomic E-state index is 11.9. The van der Waals surface area contributed by atoms with Gasteiger partial charge in [-0.15, -0.1) is 0 Å². The first-order valence-electron chi connectivity index (χ1n) is 8.24. The van der Waals surface area contributed by atoms with Crippen LogP contribution >= 0.6 is 11.6 Å². The molecule has 2 aromatic rings. The van der Waals surface area contributed by atoms with Crippen molar-refractivity contribution in [2.75, 3.05) is 13.7 Å². The van der Waals surface area contributed by atoms with Crippen LogP contribution in [0.15, 0.2) is 42.5 Å². The van der Waals surface area contributed by atoms with Gasteiger partial charge in [0.25, 0.3) is 0 Å². The number of aryl methyl sites for hydroxylation is 3. The predicted molar refractivity (Wildman–Crippen MR) is 98.8 cm³/mol. The van der Waals surface area contributed by atoms with E-state index in [1.807, 2.05) is 43.3 Å². The van der Waals surface area contributed by atoms with Gasteiger partial charge in [-0.1, -0.05) is 41.9 Å². The van der Waals surface area contributed by atoms with Crippen LogP contribution in [0.2, 0.25) is 5.02 Å². The largest absolute Gasteiger partial charge is 0.496 e. The quantitative estimate of drug-likeness (QED) is 0.723. The van der Waals surface area contributed by atoms with Gasteiger partial charge >= 0.3 is 0 Å². The Labute approximate surface area is 149 Å². The second-order valence-electron chi connectivity index (χ2n) is 5.85. The molecule has 0 aromatic heterocycles. The van der Waals surface area contributed by atoms with Crippen LogP contribution in [-0.2, 0) is 17.6 Å². The van der Waals surface area contributed by atoms with Gasteiger partial charge < -0.3 is 10.1 Å². The highest BCUT2D eigenvalue weighted by Crippen LogP contribution is 2.19. The molecule has 1 N–H and O–H groups in total. The molecule has 24 heavy (non-hydrogen) atoms. The first kappa shape index (κ1) is 18.3. The molecule has 0 radical (unpaired) electrons. The highest BCUT2D eigenvalue weighted by Gasteiger charge is 2.05. The van der Waals surface area contributed by atoms with Crippen molar-refractivity contribution >= 4 is 17.5 Å². The van der Waals surface area contributed by atoms with Crippen LogP contribution in [0.5, 0.6) is 5.75 Å². The molecule has 3 nitrogen and oxygen atoms in total. The van der Waals surface area contributed by atoms with Crippen LogP contribution in [0, 0.1) is 6.92 Å². The summed E-state index contributed by atoms with van der Waals surface area (Å²) in [6.07, 6.45) is 2.99. The van der Waals surface area contributed by atoms with Gasteiger partial charge in [-0.05, 0) is 55.0 Å². The van der Waals surface area contributed by atoms with Crippen molar-refractivity contribution < 1.29 is 9.53 Å². The van der Waals surface area contributed by atoms with Gasteiger partial charge in [-0.25, -0.2) is 0 Å². The maximum Gasteiger partial charge on any atom is 0.220 e. The summed E-state index contributed by atoms with van der Waals surface area (Å²) in [5, 5.41) is 3.76. The minimum absolute atomic E-state index is 0.0858. The second-order valence-corrected chi connectivity index (χ2v) is 6.26. The Balaban J connectivity index is 1.68. The molecule has 1 amide bonds. The summed E-state index contributed by atoms with van der Waals surface area (Å²) in [5.74, 6) is 0.963. The molecular weight excluding hydrogens is 322 g/mol. The molecule has 0 spiro atoms. The molecular formula is C20H24ClNO2. The molecule has 0 saturated carbocycles. The number of rotatable bonds is 8. The van der Waals surface area contributed by atoms with E-state index in [2.05, 4.69) is 11.4 Å². The lowest BCUT2D eigenvalue weighted by Crippen LogP contribution is -2.25. The van der Waals surface area contributed by atoms with Gasteiger partial charge in [-0.2, -0.15) is 0 Å². The highest BCUT2D eigenvalue weighted by molar-refractivity contribution is 6.31. The van der Waals surface area contributed by atoms with Crippen molar-refractivity contribution in [2.24, 2.45) is 0 Å². The standard InChI is InChI=1S/C20H24ClNO2/c1-15-14-16(9-11-19(15)24-2)10-12-20(23)22-13-5-7-17-6-3-4-8-18(17)21/h3-4,6,8-9,11,14H,5,7,10,12-13H2,1-2H3,(H,22,23). The van der Waals surface area contributed by atoms with Crippen molar-refractivity contribution in [3.8, 4) is 5.75 Å². The fourth-order valence-corrected chi connectivity index (χ4v) is 2.88. The summed E-state index contributed by atoms with van der Waals surface area (Å²) >= 11 is 6.12. The first-order chi connectivity index (χ1) is 11.6. The summed E-state index contributed by atoms with van der Waals surface area (Å²) in [4.78, 5) is 11.9. The number of benzene rings is 2. The molecule has 0 aliphatic heterocycles. The Morgan fingerprint density at radius 3 is 2.67 bits per heavy atom. The Hall–Kier alpha value is -2.00. The molecule has 0 unspecified atom stereocenters. The van der Waals surface area contributed by atoms with Crippen molar-refractivity contribution in [1.29, 1.82) is 0 Å². The fraction of sp³-hybridized carbons (Fsp3) is 0.350. The predicted octanol–water partition coefficient (Wildman–Crippen LogP) is 4.34. The SMILES string of the molecule is COc1ccc(CCC(=O)NCCCc2ccccc2Cl)cc1C. The Kier molecular flexibility index (Phi) is 7.13. The zero-order valence-electron chi connectivity index (χ0n) is 14.3. The van der Waals surface area contributed by atoms with Crippen LogP contribution in [0.3, 0.4) is 0 Å². The molecule has 0 aliphatic carbocycles. The van der Waals surface area contributed by atoms with Crippen molar-refractivity contribution in [3.05, 3.63) is 64.2 Å². The molecule has 0 aliphatic rings. The number of methoxy groups -OCH3 is 1. The van der Waals surface area contributed by atoms with Crippen LogP contribution in [0.25, 0.3) is 0 Å². The number of hydrogen-bond donors (Lipinski definition) is 1. The average molecular weight is 346 g/mol. The van der Waals surface area contributed by atoms with Gasteiger partial charge in [-0.3, -0.25) is 4.79 Å². The van der Waals surface area contributed by atoms with Gasteiger partial charge in [0.1, 0.15) is 5.75 Å². The zero-order chi connectivity index (χ0) is 17.4. The number of ether oxygens (including phenoxy) is 1.